The number of aromatic amines is 1. The van der Waals surface area contributed by atoms with Crippen LogP contribution < -0.4 is 4.74 Å². The van der Waals surface area contributed by atoms with Crippen molar-refractivity contribution in [3.63, 3.8) is 0 Å². The van der Waals surface area contributed by atoms with Gasteiger partial charge in [0.1, 0.15) is 24.0 Å². The molecule has 0 unspecified atom stereocenters. The molecule has 0 radical (unpaired) electrons. The minimum Gasteiger partial charge on any atom is -0.492 e. The molecule has 0 spiro atoms. The van der Waals surface area contributed by atoms with E-state index in [2.05, 4.69) is 11.9 Å². The Hall–Kier alpha value is -4.72. The van der Waals surface area contributed by atoms with Crippen LogP contribution in [0.1, 0.15) is 88.9 Å². The standard InChI is InChI=1S/C41H51NO12/c1-5-6-7-8-9-10-35(44)53-38-29(22-37(46)49-4)20-30-23-31(24-43)52-36(45)16-18-50-34-14-12-27(26-11-13-33-28(19-26)15-17-42-33)21-32(34)39(47)51-25-40(2,3)41(38,48)54-30/h11-15,17,19,21-22,30-31,38,42-43,48H,5-10,16,18,20,23-25H2,1-4H3/b29-22+/t30-,31+,38-,41+/m0/s1. The monoisotopic (exact) mass is 749 g/mol. The molecule has 0 aliphatic carbocycles. The van der Waals surface area contributed by atoms with Crippen molar-refractivity contribution >= 4 is 34.8 Å². The second-order valence-electron chi connectivity index (χ2n) is 14.5. The van der Waals surface area contributed by atoms with Crippen LogP contribution in [0.15, 0.2) is 60.3 Å². The van der Waals surface area contributed by atoms with Crippen molar-refractivity contribution in [3.05, 3.63) is 65.9 Å². The van der Waals surface area contributed by atoms with Gasteiger partial charge in [-0.3, -0.25) is 9.59 Å². The Kier molecular flexibility index (Phi) is 13.5. The Bertz CT molecular complexity index is 1830. The Morgan fingerprint density at radius 1 is 1.02 bits per heavy atom. The number of benzene rings is 2. The fraction of sp³-hybridized carbons (Fsp3) is 0.512. The predicted molar refractivity (Wildman–Crippen MR) is 197 cm³/mol. The van der Waals surface area contributed by atoms with Crippen LogP contribution in [-0.2, 0) is 38.1 Å². The zero-order valence-corrected chi connectivity index (χ0v) is 31.4. The summed E-state index contributed by atoms with van der Waals surface area (Å²) in [6, 6.07) is 12.8. The lowest BCUT2D eigenvalue weighted by atomic mass is 9.75. The van der Waals surface area contributed by atoms with Crippen LogP contribution >= 0.6 is 0 Å². The van der Waals surface area contributed by atoms with Gasteiger partial charge in [-0.1, -0.05) is 58.6 Å². The number of fused-ring (bicyclic) bond motifs is 4. The fourth-order valence-corrected chi connectivity index (χ4v) is 6.79. The molecule has 4 atom stereocenters. The van der Waals surface area contributed by atoms with E-state index in [9.17, 15) is 29.4 Å². The molecule has 2 aromatic carbocycles. The van der Waals surface area contributed by atoms with Crippen LogP contribution in [0.25, 0.3) is 22.0 Å². The molecule has 54 heavy (non-hydrogen) atoms. The van der Waals surface area contributed by atoms with Gasteiger partial charge < -0.3 is 43.6 Å². The highest BCUT2D eigenvalue weighted by molar-refractivity contribution is 5.95. The van der Waals surface area contributed by atoms with Gasteiger partial charge in [-0.05, 0) is 65.3 Å². The molecule has 1 saturated heterocycles. The van der Waals surface area contributed by atoms with Gasteiger partial charge in [0.2, 0.25) is 5.79 Å². The second-order valence-corrected chi connectivity index (χ2v) is 14.5. The van der Waals surface area contributed by atoms with E-state index in [0.717, 1.165) is 48.2 Å². The van der Waals surface area contributed by atoms with Crippen LogP contribution in [0.4, 0.5) is 0 Å². The number of methoxy groups -OCH3 is 1. The third-order valence-electron chi connectivity index (χ3n) is 9.95. The number of esters is 4. The SMILES string of the molecule is CCCCCCCC(=O)O[C@H]1/C(=C/C(=O)OC)C[C@H]2C[C@H](CO)OC(=O)CCOc3ccc(-c4ccc5[nH]ccc5c4)cc3C(=O)OCC(C)(C)[C@]1(O)O2. The van der Waals surface area contributed by atoms with Crippen molar-refractivity contribution < 1.29 is 57.8 Å². The lowest BCUT2D eigenvalue weighted by molar-refractivity contribution is -0.340. The summed E-state index contributed by atoms with van der Waals surface area (Å²) in [5, 5.41) is 23.8. The molecule has 2 aliphatic heterocycles. The summed E-state index contributed by atoms with van der Waals surface area (Å²) in [6.45, 7) is 4.14. The number of unbranched alkanes of at least 4 members (excludes halogenated alkanes) is 4. The molecule has 13 heteroatoms. The number of aliphatic hydroxyl groups excluding tert-OH is 1. The number of cyclic esters (lactones) is 2. The Labute approximate surface area is 314 Å². The van der Waals surface area contributed by atoms with Crippen molar-refractivity contribution in [2.24, 2.45) is 5.41 Å². The number of ether oxygens (including phenoxy) is 6. The summed E-state index contributed by atoms with van der Waals surface area (Å²) in [5.41, 5.74) is 1.24. The average molecular weight is 750 g/mol. The van der Waals surface area contributed by atoms with E-state index < -0.39 is 66.6 Å². The molecule has 2 aliphatic rings. The third kappa shape index (κ3) is 9.68. The number of hydrogen-bond acceptors (Lipinski definition) is 12. The lowest BCUT2D eigenvalue weighted by Crippen LogP contribution is -2.63. The first-order valence-electron chi connectivity index (χ1n) is 18.6. The van der Waals surface area contributed by atoms with E-state index in [0.29, 0.717) is 12.0 Å². The van der Waals surface area contributed by atoms with Crippen LogP contribution in [0.2, 0.25) is 0 Å². The summed E-state index contributed by atoms with van der Waals surface area (Å²) in [5.74, 6) is -5.05. The van der Waals surface area contributed by atoms with Gasteiger partial charge >= 0.3 is 23.9 Å². The van der Waals surface area contributed by atoms with E-state index in [4.69, 9.17) is 28.4 Å². The topological polar surface area (TPSA) is 180 Å². The largest absolute Gasteiger partial charge is 0.492 e. The molecule has 13 nitrogen and oxygen atoms in total. The first kappa shape index (κ1) is 40.5. The fourth-order valence-electron chi connectivity index (χ4n) is 6.79. The molecule has 5 rings (SSSR count). The smallest absolute Gasteiger partial charge is 0.341 e. The Morgan fingerprint density at radius 2 is 1.78 bits per heavy atom. The van der Waals surface area contributed by atoms with Gasteiger partial charge in [0.05, 0.1) is 38.3 Å². The number of aliphatic hydroxyl groups is 2. The molecule has 292 valence electrons. The summed E-state index contributed by atoms with van der Waals surface area (Å²) in [6.07, 6.45) is 3.64. The first-order chi connectivity index (χ1) is 25.9. The van der Waals surface area contributed by atoms with Gasteiger partial charge in [-0.15, -0.1) is 0 Å². The summed E-state index contributed by atoms with van der Waals surface area (Å²) in [4.78, 5) is 56.0. The number of H-pyrrole nitrogens is 1. The van der Waals surface area contributed by atoms with Crippen LogP contribution in [0.3, 0.4) is 0 Å². The molecule has 3 heterocycles. The number of rotatable bonds is 10. The summed E-state index contributed by atoms with van der Waals surface area (Å²) < 4.78 is 34.6. The van der Waals surface area contributed by atoms with Crippen molar-refractivity contribution in [1.29, 1.82) is 0 Å². The van der Waals surface area contributed by atoms with Gasteiger partial charge in [-0.25, -0.2) is 9.59 Å². The average Bonchev–Trinajstić information content (AvgIpc) is 3.63. The zero-order chi connectivity index (χ0) is 38.9. The molecular formula is C41H51NO12. The molecule has 1 fully saturated rings. The van der Waals surface area contributed by atoms with E-state index in [1.807, 2.05) is 30.5 Å². The van der Waals surface area contributed by atoms with Gasteiger partial charge in [-0.2, -0.15) is 0 Å². The lowest BCUT2D eigenvalue weighted by Gasteiger charge is -2.51. The summed E-state index contributed by atoms with van der Waals surface area (Å²) >= 11 is 0. The molecule has 0 saturated carbocycles. The first-order valence-corrected chi connectivity index (χ1v) is 18.6. The van der Waals surface area contributed by atoms with Crippen molar-refractivity contribution in [3.8, 4) is 16.9 Å². The van der Waals surface area contributed by atoms with Crippen molar-refractivity contribution in [2.45, 2.75) is 103 Å². The molecule has 0 amide bonds. The minimum atomic E-state index is -2.39. The number of nitrogens with one attached hydrogen (secondary N) is 1. The van der Waals surface area contributed by atoms with Gasteiger partial charge in [0.15, 0.2) is 6.10 Å². The van der Waals surface area contributed by atoms with E-state index >= 15 is 0 Å². The van der Waals surface area contributed by atoms with E-state index in [1.54, 1.807) is 32.0 Å². The number of aromatic nitrogens is 1. The van der Waals surface area contributed by atoms with Gasteiger partial charge in [0, 0.05) is 30.6 Å². The number of carbonyl (C=O) groups excluding carboxylic acids is 4. The highest BCUT2D eigenvalue weighted by atomic mass is 16.7. The quantitative estimate of drug-likeness (QED) is 0.0962. The maximum absolute atomic E-state index is 14.0. The van der Waals surface area contributed by atoms with Crippen molar-refractivity contribution in [1.82, 2.24) is 4.98 Å². The zero-order valence-electron chi connectivity index (χ0n) is 31.4. The highest BCUT2D eigenvalue weighted by Gasteiger charge is 2.59. The molecule has 3 N–H and O–H groups in total. The Morgan fingerprint density at radius 3 is 2.54 bits per heavy atom. The maximum atomic E-state index is 14.0. The number of hydrogen-bond donors (Lipinski definition) is 3. The predicted octanol–water partition coefficient (Wildman–Crippen LogP) is 5.94. The minimum absolute atomic E-state index is 0.0381. The second kappa shape index (κ2) is 18.1. The summed E-state index contributed by atoms with van der Waals surface area (Å²) in [7, 11) is 1.19. The van der Waals surface area contributed by atoms with Crippen LogP contribution in [0, 0.1) is 5.41 Å². The van der Waals surface area contributed by atoms with E-state index in [1.165, 1.54) is 7.11 Å². The molecule has 3 aromatic rings. The number of carbonyl (C=O) groups is 4. The molecule has 2 bridgehead atoms. The third-order valence-corrected chi connectivity index (χ3v) is 9.95. The van der Waals surface area contributed by atoms with Crippen LogP contribution in [0.5, 0.6) is 5.75 Å². The highest BCUT2D eigenvalue weighted by Crippen LogP contribution is 2.46. The van der Waals surface area contributed by atoms with Gasteiger partial charge in [0.25, 0.3) is 0 Å². The molecular weight excluding hydrogens is 698 g/mol. The molecule has 1 aromatic heterocycles. The van der Waals surface area contributed by atoms with E-state index in [-0.39, 0.29) is 49.2 Å². The van der Waals surface area contributed by atoms with Crippen molar-refractivity contribution in [2.75, 3.05) is 26.9 Å². The van der Waals surface area contributed by atoms with Crippen LogP contribution in [-0.4, -0.2) is 90.1 Å². The Balaban J connectivity index is 1.51. The maximum Gasteiger partial charge on any atom is 0.341 e. The normalized spacial score (nSPS) is 24.2.